The zero-order valence-electron chi connectivity index (χ0n) is 15.8. The number of fused-ring (bicyclic) bond motifs is 2. The molecule has 0 N–H and O–H groups in total. The largest absolute Gasteiger partial charge is 0.494 e. The molecular formula is C22H22N2O2S. The first-order valence-electron chi connectivity index (χ1n) is 9.22. The van der Waals surface area contributed by atoms with E-state index in [-0.39, 0.29) is 0 Å². The summed E-state index contributed by atoms with van der Waals surface area (Å²) in [6.07, 6.45) is 0.804. The fraction of sp³-hybridized carbons (Fsp3) is 0.273. The van der Waals surface area contributed by atoms with Crippen molar-refractivity contribution in [3.05, 3.63) is 59.2 Å². The smallest absolute Gasteiger partial charge is 0.227 e. The Hall–Kier alpha value is -2.53. The molecule has 2 heterocycles. The highest BCUT2D eigenvalue weighted by Gasteiger charge is 2.24. The lowest BCUT2D eigenvalue weighted by Crippen LogP contribution is -2.10. The molecule has 0 amide bonds. The second-order valence-electron chi connectivity index (χ2n) is 6.37. The van der Waals surface area contributed by atoms with E-state index in [1.807, 2.05) is 31.2 Å². The molecule has 3 aromatic rings. The van der Waals surface area contributed by atoms with Crippen LogP contribution in [0.4, 0.5) is 0 Å². The number of para-hydroxylation sites is 1. The van der Waals surface area contributed by atoms with Crippen molar-refractivity contribution in [2.45, 2.75) is 32.2 Å². The van der Waals surface area contributed by atoms with E-state index in [1.54, 1.807) is 11.8 Å². The van der Waals surface area contributed by atoms with Gasteiger partial charge in [-0.2, -0.15) is 4.98 Å². The molecule has 0 unspecified atom stereocenters. The number of benzene rings is 2. The van der Waals surface area contributed by atoms with Gasteiger partial charge < -0.3 is 9.47 Å². The van der Waals surface area contributed by atoms with Crippen molar-refractivity contribution in [2.24, 2.45) is 0 Å². The topological polar surface area (TPSA) is 44.2 Å². The molecule has 0 spiro atoms. The third-order valence-electron chi connectivity index (χ3n) is 4.50. The summed E-state index contributed by atoms with van der Waals surface area (Å²) >= 11 is 1.73. The van der Waals surface area contributed by atoms with E-state index >= 15 is 0 Å². The van der Waals surface area contributed by atoms with Crippen molar-refractivity contribution in [1.29, 1.82) is 0 Å². The van der Waals surface area contributed by atoms with E-state index in [0.29, 0.717) is 18.3 Å². The molecule has 0 bridgehead atoms. The summed E-state index contributed by atoms with van der Waals surface area (Å²) in [6.45, 7) is 6.84. The third kappa shape index (κ3) is 3.52. The number of ether oxygens (including phenoxy) is 2. The van der Waals surface area contributed by atoms with Gasteiger partial charge in [0.1, 0.15) is 16.5 Å². The minimum Gasteiger partial charge on any atom is -0.494 e. The fourth-order valence-corrected chi connectivity index (χ4v) is 3.98. The molecule has 138 valence electrons. The fourth-order valence-electron chi connectivity index (χ4n) is 3.22. The van der Waals surface area contributed by atoms with Crippen molar-refractivity contribution in [3.8, 4) is 28.8 Å². The van der Waals surface area contributed by atoms with Gasteiger partial charge in [-0.3, -0.25) is 0 Å². The molecule has 0 radical (unpaired) electrons. The Kier molecular flexibility index (Phi) is 5.03. The van der Waals surface area contributed by atoms with Crippen LogP contribution in [0.15, 0.2) is 47.5 Å². The maximum atomic E-state index is 6.23. The monoisotopic (exact) mass is 378 g/mol. The summed E-state index contributed by atoms with van der Waals surface area (Å²) < 4.78 is 11.8. The Bertz CT molecular complexity index is 971. The number of aromatic nitrogens is 2. The predicted molar refractivity (Wildman–Crippen MR) is 109 cm³/mol. The summed E-state index contributed by atoms with van der Waals surface area (Å²) in [6, 6.07) is 14.2. The lowest BCUT2D eigenvalue weighted by atomic mass is 10.0. The summed E-state index contributed by atoms with van der Waals surface area (Å²) in [5, 5.41) is 0.999. The summed E-state index contributed by atoms with van der Waals surface area (Å²) in [5.74, 6) is 4.08. The first-order chi connectivity index (χ1) is 13.2. The Morgan fingerprint density at radius 2 is 1.89 bits per heavy atom. The average molecular weight is 378 g/mol. The van der Waals surface area contributed by atoms with E-state index in [2.05, 4.69) is 32.0 Å². The zero-order valence-corrected chi connectivity index (χ0v) is 16.6. The normalized spacial score (nSPS) is 12.1. The number of thioether (sulfide) groups is 1. The summed E-state index contributed by atoms with van der Waals surface area (Å²) in [5.41, 5.74) is 4.36. The molecule has 0 saturated heterocycles. The van der Waals surface area contributed by atoms with E-state index in [9.17, 15) is 0 Å². The van der Waals surface area contributed by atoms with Gasteiger partial charge >= 0.3 is 0 Å². The van der Waals surface area contributed by atoms with Gasteiger partial charge in [0.25, 0.3) is 0 Å². The van der Waals surface area contributed by atoms with Crippen LogP contribution >= 0.6 is 11.8 Å². The van der Waals surface area contributed by atoms with Crippen molar-refractivity contribution in [2.75, 3.05) is 12.4 Å². The van der Waals surface area contributed by atoms with Gasteiger partial charge in [0, 0.05) is 12.0 Å². The molecule has 2 aromatic carbocycles. The van der Waals surface area contributed by atoms with Gasteiger partial charge in [0.05, 0.1) is 12.2 Å². The molecule has 5 heteroatoms. The van der Waals surface area contributed by atoms with Gasteiger partial charge in [0.15, 0.2) is 5.82 Å². The quantitative estimate of drug-likeness (QED) is 0.331. The molecule has 0 atom stereocenters. The van der Waals surface area contributed by atoms with E-state index in [4.69, 9.17) is 19.4 Å². The van der Waals surface area contributed by atoms with Crippen LogP contribution in [-0.2, 0) is 6.42 Å². The van der Waals surface area contributed by atoms with Crippen LogP contribution in [-0.4, -0.2) is 22.3 Å². The second-order valence-corrected chi connectivity index (χ2v) is 7.62. The van der Waals surface area contributed by atoms with Crippen molar-refractivity contribution < 1.29 is 9.47 Å². The molecule has 27 heavy (non-hydrogen) atoms. The predicted octanol–water partition coefficient (Wildman–Crippen LogP) is 5.66. The second kappa shape index (κ2) is 7.61. The number of nitrogens with zero attached hydrogens (tertiary/aromatic N) is 2. The van der Waals surface area contributed by atoms with Crippen LogP contribution in [0, 0.1) is 6.92 Å². The maximum Gasteiger partial charge on any atom is 0.227 e. The summed E-state index contributed by atoms with van der Waals surface area (Å²) in [4.78, 5) is 9.60. The number of rotatable bonds is 5. The first-order valence-corrected chi connectivity index (χ1v) is 10.2. The van der Waals surface area contributed by atoms with Crippen LogP contribution in [0.5, 0.6) is 17.4 Å². The minimum absolute atomic E-state index is 0.651. The molecular weight excluding hydrogens is 356 g/mol. The van der Waals surface area contributed by atoms with Crippen LogP contribution < -0.4 is 9.47 Å². The van der Waals surface area contributed by atoms with Crippen molar-refractivity contribution >= 4 is 11.8 Å². The third-order valence-corrected chi connectivity index (χ3v) is 5.39. The number of aryl methyl sites for hydroxylation is 1. The van der Waals surface area contributed by atoms with E-state index in [1.165, 1.54) is 5.56 Å². The molecule has 0 fully saturated rings. The van der Waals surface area contributed by atoms with E-state index < -0.39 is 0 Å². The van der Waals surface area contributed by atoms with Crippen molar-refractivity contribution in [3.63, 3.8) is 0 Å². The van der Waals surface area contributed by atoms with Gasteiger partial charge in [-0.1, -0.05) is 25.1 Å². The molecule has 1 aliphatic heterocycles. The van der Waals surface area contributed by atoms with E-state index in [0.717, 1.165) is 45.4 Å². The molecule has 4 rings (SSSR count). The van der Waals surface area contributed by atoms with Gasteiger partial charge in [-0.05, 0) is 55.0 Å². The van der Waals surface area contributed by atoms with Crippen LogP contribution in [0.3, 0.4) is 0 Å². The molecule has 1 aliphatic rings. The zero-order chi connectivity index (χ0) is 18.8. The average Bonchev–Trinajstić information content (AvgIpc) is 2.68. The highest BCUT2D eigenvalue weighted by atomic mass is 32.2. The Labute approximate surface area is 164 Å². The first kappa shape index (κ1) is 17.9. The van der Waals surface area contributed by atoms with Crippen molar-refractivity contribution in [1.82, 2.24) is 9.97 Å². The Balaban J connectivity index is 1.76. The highest BCUT2D eigenvalue weighted by Crippen LogP contribution is 2.41. The Morgan fingerprint density at radius 3 is 2.63 bits per heavy atom. The number of hydrogen-bond donors (Lipinski definition) is 0. The Morgan fingerprint density at radius 1 is 1.07 bits per heavy atom. The molecule has 0 aliphatic carbocycles. The minimum atomic E-state index is 0.651. The lowest BCUT2D eigenvalue weighted by molar-refractivity contribution is 0.340. The van der Waals surface area contributed by atoms with Crippen LogP contribution in [0.25, 0.3) is 11.4 Å². The number of hydrogen-bond acceptors (Lipinski definition) is 5. The van der Waals surface area contributed by atoms with Gasteiger partial charge in [0.2, 0.25) is 5.88 Å². The van der Waals surface area contributed by atoms with Crippen LogP contribution in [0.1, 0.15) is 30.5 Å². The SMILES string of the molecule is CCOc1ccc(-c2nc3c(c(SCC)n2)Cc2cccc(C)c2O3)cc1. The molecule has 1 aromatic heterocycles. The maximum absolute atomic E-state index is 6.23. The van der Waals surface area contributed by atoms with Gasteiger partial charge in [-0.15, -0.1) is 11.8 Å². The standard InChI is InChI=1S/C22H22N2O2S/c1-4-25-17-11-9-15(10-12-17)20-23-21-18(22(24-20)27-5-2)13-16-8-6-7-14(3)19(16)26-21/h6-12H,4-5,13H2,1-3H3. The summed E-state index contributed by atoms with van der Waals surface area (Å²) in [7, 11) is 0. The lowest BCUT2D eigenvalue weighted by Gasteiger charge is -2.23. The van der Waals surface area contributed by atoms with Gasteiger partial charge in [-0.25, -0.2) is 4.98 Å². The molecule has 0 saturated carbocycles. The highest BCUT2D eigenvalue weighted by molar-refractivity contribution is 7.99. The molecule has 4 nitrogen and oxygen atoms in total. The van der Waals surface area contributed by atoms with Crippen LogP contribution in [0.2, 0.25) is 0 Å².